The maximum absolute atomic E-state index is 13.1. The number of halogens is 1. The van der Waals surface area contributed by atoms with E-state index >= 15 is 0 Å². The van der Waals surface area contributed by atoms with Crippen LogP contribution < -0.4 is 10.6 Å². The van der Waals surface area contributed by atoms with Gasteiger partial charge in [-0.3, -0.25) is 14.5 Å². The topological polar surface area (TPSA) is 78.5 Å². The number of benzene rings is 2. The number of nitrogens with zero attached hydrogens (tertiary/aromatic N) is 1. The van der Waals surface area contributed by atoms with Crippen LogP contribution in [0, 0.1) is 0 Å². The van der Waals surface area contributed by atoms with Gasteiger partial charge in [-0.05, 0) is 36.1 Å². The summed E-state index contributed by atoms with van der Waals surface area (Å²) in [6.07, 6.45) is 1.81. The summed E-state index contributed by atoms with van der Waals surface area (Å²) in [4.78, 5) is 39.0. The van der Waals surface area contributed by atoms with Gasteiger partial charge in [0.1, 0.15) is 12.1 Å². The molecule has 2 aromatic rings. The molecule has 1 atom stereocenters. The zero-order chi connectivity index (χ0) is 20.9. The highest BCUT2D eigenvalue weighted by Crippen LogP contribution is 2.33. The Morgan fingerprint density at radius 1 is 1.10 bits per heavy atom. The van der Waals surface area contributed by atoms with Crippen LogP contribution in [0.25, 0.3) is 0 Å². The van der Waals surface area contributed by atoms with Crippen molar-refractivity contribution in [3.05, 3.63) is 70.7 Å². The van der Waals surface area contributed by atoms with Crippen LogP contribution in [0.15, 0.2) is 54.6 Å². The molecule has 0 aliphatic carbocycles. The molecule has 7 heteroatoms. The normalized spacial score (nSPS) is 18.6. The number of imide groups is 1. The van der Waals surface area contributed by atoms with E-state index in [0.29, 0.717) is 30.8 Å². The van der Waals surface area contributed by atoms with Gasteiger partial charge in [0.2, 0.25) is 5.91 Å². The van der Waals surface area contributed by atoms with Gasteiger partial charge in [0.15, 0.2) is 0 Å². The molecule has 1 heterocycles. The van der Waals surface area contributed by atoms with Crippen molar-refractivity contribution in [1.29, 1.82) is 0 Å². The SMILES string of the molecule is CCC[C@@]1(c2ccccc2)NC(=O)N(CC(=O)NCCc2ccc(Cl)cc2)C1=O. The highest BCUT2D eigenvalue weighted by molar-refractivity contribution is 6.30. The van der Waals surface area contributed by atoms with Crippen LogP contribution in [0.5, 0.6) is 0 Å². The van der Waals surface area contributed by atoms with Crippen molar-refractivity contribution in [2.24, 2.45) is 0 Å². The Labute approximate surface area is 175 Å². The molecule has 0 radical (unpaired) electrons. The molecule has 0 saturated carbocycles. The number of carbonyl (C=O) groups is 3. The molecule has 0 spiro atoms. The Morgan fingerprint density at radius 3 is 2.45 bits per heavy atom. The lowest BCUT2D eigenvalue weighted by Gasteiger charge is -2.26. The zero-order valence-electron chi connectivity index (χ0n) is 16.3. The Balaban J connectivity index is 1.63. The van der Waals surface area contributed by atoms with Crippen molar-refractivity contribution in [2.45, 2.75) is 31.7 Å². The fraction of sp³-hybridized carbons (Fsp3) is 0.318. The number of hydrogen-bond donors (Lipinski definition) is 2. The molecule has 4 amide bonds. The third kappa shape index (κ3) is 4.59. The maximum Gasteiger partial charge on any atom is 0.325 e. The first-order chi connectivity index (χ1) is 14.0. The number of nitrogens with one attached hydrogen (secondary N) is 2. The Morgan fingerprint density at radius 2 is 1.79 bits per heavy atom. The van der Waals surface area contributed by atoms with Crippen LogP contribution in [-0.2, 0) is 21.5 Å². The number of amides is 4. The quantitative estimate of drug-likeness (QED) is 0.652. The summed E-state index contributed by atoms with van der Waals surface area (Å²) in [7, 11) is 0. The van der Waals surface area contributed by atoms with Crippen LogP contribution in [0.1, 0.15) is 30.9 Å². The molecule has 1 aliphatic rings. The lowest BCUT2D eigenvalue weighted by molar-refractivity contribution is -0.135. The highest BCUT2D eigenvalue weighted by atomic mass is 35.5. The maximum atomic E-state index is 13.1. The minimum atomic E-state index is -1.11. The van der Waals surface area contributed by atoms with E-state index < -0.39 is 11.6 Å². The molecular weight excluding hydrogens is 390 g/mol. The second-order valence-corrected chi connectivity index (χ2v) is 7.51. The summed E-state index contributed by atoms with van der Waals surface area (Å²) >= 11 is 5.86. The number of carbonyl (C=O) groups excluding carboxylic acids is 3. The monoisotopic (exact) mass is 413 g/mol. The van der Waals surface area contributed by atoms with Crippen molar-refractivity contribution in [1.82, 2.24) is 15.5 Å². The minimum absolute atomic E-state index is 0.302. The molecule has 3 rings (SSSR count). The average Bonchev–Trinajstić information content (AvgIpc) is 2.95. The molecule has 0 bridgehead atoms. The van der Waals surface area contributed by atoms with Gasteiger partial charge in [-0.15, -0.1) is 0 Å². The van der Waals surface area contributed by atoms with Gasteiger partial charge in [-0.25, -0.2) is 4.79 Å². The predicted octanol–water partition coefficient (Wildman–Crippen LogP) is 3.25. The van der Waals surface area contributed by atoms with Crippen LogP contribution >= 0.6 is 11.6 Å². The molecular formula is C22H24ClN3O3. The molecule has 2 N–H and O–H groups in total. The van der Waals surface area contributed by atoms with E-state index in [-0.39, 0.29) is 18.4 Å². The second kappa shape index (κ2) is 9.09. The largest absolute Gasteiger partial charge is 0.354 e. The van der Waals surface area contributed by atoms with E-state index in [1.54, 1.807) is 12.1 Å². The number of urea groups is 1. The molecule has 152 valence electrons. The summed E-state index contributed by atoms with van der Waals surface area (Å²) < 4.78 is 0. The molecule has 1 aliphatic heterocycles. The summed E-state index contributed by atoms with van der Waals surface area (Å²) in [5.41, 5.74) is 0.651. The van der Waals surface area contributed by atoms with Gasteiger partial charge in [-0.2, -0.15) is 0 Å². The standard InChI is InChI=1S/C22H24ClN3O3/c1-2-13-22(17-6-4-3-5-7-17)20(28)26(21(29)25-22)15-19(27)24-14-12-16-8-10-18(23)11-9-16/h3-11H,2,12-15H2,1H3,(H,24,27)(H,25,29)/t22-/m0/s1. The fourth-order valence-corrected chi connectivity index (χ4v) is 3.70. The summed E-state index contributed by atoms with van der Waals surface area (Å²) in [6.45, 7) is 2.06. The molecule has 2 aromatic carbocycles. The first-order valence-corrected chi connectivity index (χ1v) is 10.0. The molecule has 1 fully saturated rings. The molecule has 29 heavy (non-hydrogen) atoms. The third-order valence-electron chi connectivity index (χ3n) is 5.02. The van der Waals surface area contributed by atoms with Crippen LogP contribution in [-0.4, -0.2) is 35.8 Å². The van der Waals surface area contributed by atoms with Crippen LogP contribution in [0.3, 0.4) is 0 Å². The first-order valence-electron chi connectivity index (χ1n) is 9.67. The average molecular weight is 414 g/mol. The highest BCUT2D eigenvalue weighted by Gasteiger charge is 2.52. The van der Waals surface area contributed by atoms with Crippen molar-refractivity contribution < 1.29 is 14.4 Å². The van der Waals surface area contributed by atoms with Gasteiger partial charge in [0.05, 0.1) is 0 Å². The van der Waals surface area contributed by atoms with Crippen LogP contribution in [0.2, 0.25) is 5.02 Å². The molecule has 0 unspecified atom stereocenters. The zero-order valence-corrected chi connectivity index (χ0v) is 17.0. The summed E-state index contributed by atoms with van der Waals surface area (Å²) in [5.74, 6) is -0.758. The summed E-state index contributed by atoms with van der Waals surface area (Å²) in [6, 6.07) is 16.0. The van der Waals surface area contributed by atoms with Crippen molar-refractivity contribution in [2.75, 3.05) is 13.1 Å². The third-order valence-corrected chi connectivity index (χ3v) is 5.27. The van der Waals surface area contributed by atoms with Gasteiger partial charge < -0.3 is 10.6 Å². The number of rotatable bonds is 8. The Bertz CT molecular complexity index is 886. The fourth-order valence-electron chi connectivity index (χ4n) is 3.57. The second-order valence-electron chi connectivity index (χ2n) is 7.07. The van der Waals surface area contributed by atoms with Crippen molar-refractivity contribution in [3.8, 4) is 0 Å². The minimum Gasteiger partial charge on any atom is -0.354 e. The summed E-state index contributed by atoms with van der Waals surface area (Å²) in [5, 5.41) is 6.25. The van der Waals surface area contributed by atoms with E-state index in [0.717, 1.165) is 16.0 Å². The predicted molar refractivity (Wildman–Crippen MR) is 111 cm³/mol. The van der Waals surface area contributed by atoms with E-state index in [1.165, 1.54) is 0 Å². The molecule has 0 aromatic heterocycles. The lowest BCUT2D eigenvalue weighted by Crippen LogP contribution is -2.45. The van der Waals surface area contributed by atoms with Crippen LogP contribution in [0.4, 0.5) is 4.79 Å². The van der Waals surface area contributed by atoms with E-state index in [9.17, 15) is 14.4 Å². The van der Waals surface area contributed by atoms with E-state index in [2.05, 4.69) is 10.6 Å². The number of hydrogen-bond acceptors (Lipinski definition) is 3. The Hall–Kier alpha value is -2.86. The van der Waals surface area contributed by atoms with E-state index in [4.69, 9.17) is 11.6 Å². The Kier molecular flexibility index (Phi) is 6.54. The van der Waals surface area contributed by atoms with Gasteiger partial charge in [0.25, 0.3) is 5.91 Å². The lowest BCUT2D eigenvalue weighted by atomic mass is 9.85. The first kappa shape index (κ1) is 20.9. The van der Waals surface area contributed by atoms with Gasteiger partial charge in [-0.1, -0.05) is 67.4 Å². The smallest absolute Gasteiger partial charge is 0.325 e. The molecule has 1 saturated heterocycles. The van der Waals surface area contributed by atoms with Gasteiger partial charge >= 0.3 is 6.03 Å². The molecule has 6 nitrogen and oxygen atoms in total. The van der Waals surface area contributed by atoms with Crippen molar-refractivity contribution >= 4 is 29.4 Å². The van der Waals surface area contributed by atoms with Crippen molar-refractivity contribution in [3.63, 3.8) is 0 Å². The van der Waals surface area contributed by atoms with Gasteiger partial charge in [0, 0.05) is 11.6 Å². The van der Waals surface area contributed by atoms with E-state index in [1.807, 2.05) is 49.4 Å².